The Bertz CT molecular complexity index is 660. The summed E-state index contributed by atoms with van der Waals surface area (Å²) in [6.07, 6.45) is 5.49. The summed E-state index contributed by atoms with van der Waals surface area (Å²) in [7, 11) is 0. The summed E-state index contributed by atoms with van der Waals surface area (Å²) in [6, 6.07) is 5.89. The van der Waals surface area contributed by atoms with Crippen LogP contribution in [0.3, 0.4) is 0 Å². The van der Waals surface area contributed by atoms with Crippen molar-refractivity contribution in [3.05, 3.63) is 35.5 Å². The fourth-order valence-electron chi connectivity index (χ4n) is 3.00. The molecule has 0 saturated carbocycles. The second-order valence-electron chi connectivity index (χ2n) is 6.04. The standard InChI is InChI=1S/C17H23N5OS/c18-17-21-14(12-24-17)6-3-9-20-16(23)13-5-4-10-22(11-13)15-7-1-2-8-19-15/h1-2,7-8,12-13H,3-6,9-11H2,(H2,18,21)(H,20,23). The van der Waals surface area contributed by atoms with Gasteiger partial charge < -0.3 is 16.0 Å². The van der Waals surface area contributed by atoms with Crippen LogP contribution in [-0.4, -0.2) is 35.5 Å². The average Bonchev–Trinajstić information content (AvgIpc) is 3.05. The van der Waals surface area contributed by atoms with Gasteiger partial charge in [-0.25, -0.2) is 9.97 Å². The SMILES string of the molecule is Nc1nc(CCCNC(=O)C2CCCN(c3ccccn3)C2)cs1. The molecule has 0 radical (unpaired) electrons. The molecular weight excluding hydrogens is 322 g/mol. The smallest absolute Gasteiger partial charge is 0.224 e. The lowest BCUT2D eigenvalue weighted by atomic mass is 9.97. The highest BCUT2D eigenvalue weighted by molar-refractivity contribution is 7.13. The largest absolute Gasteiger partial charge is 0.375 e. The van der Waals surface area contributed by atoms with Gasteiger partial charge in [0.15, 0.2) is 5.13 Å². The van der Waals surface area contributed by atoms with E-state index in [2.05, 4.69) is 20.2 Å². The molecule has 2 aromatic heterocycles. The monoisotopic (exact) mass is 345 g/mol. The molecule has 1 atom stereocenters. The Balaban J connectivity index is 1.43. The predicted molar refractivity (Wildman–Crippen MR) is 97.0 cm³/mol. The third-order valence-corrected chi connectivity index (χ3v) is 4.97. The second-order valence-corrected chi connectivity index (χ2v) is 6.93. The number of carbonyl (C=O) groups excluding carboxylic acids is 1. The molecule has 3 heterocycles. The lowest BCUT2D eigenvalue weighted by Gasteiger charge is -2.32. The molecule has 3 rings (SSSR count). The maximum absolute atomic E-state index is 12.4. The van der Waals surface area contributed by atoms with Gasteiger partial charge in [-0.1, -0.05) is 6.07 Å². The van der Waals surface area contributed by atoms with E-state index >= 15 is 0 Å². The van der Waals surface area contributed by atoms with Crippen molar-refractivity contribution in [1.29, 1.82) is 0 Å². The first-order valence-electron chi connectivity index (χ1n) is 8.36. The van der Waals surface area contributed by atoms with Gasteiger partial charge in [0, 0.05) is 31.2 Å². The van der Waals surface area contributed by atoms with Crippen molar-refractivity contribution < 1.29 is 4.79 Å². The van der Waals surface area contributed by atoms with Crippen molar-refractivity contribution in [2.75, 3.05) is 30.3 Å². The number of nitrogens with one attached hydrogen (secondary N) is 1. The average molecular weight is 345 g/mol. The number of hydrogen-bond acceptors (Lipinski definition) is 6. The number of nitrogen functional groups attached to an aromatic ring is 1. The van der Waals surface area contributed by atoms with Gasteiger partial charge in [0.25, 0.3) is 0 Å². The maximum atomic E-state index is 12.4. The van der Waals surface area contributed by atoms with Gasteiger partial charge >= 0.3 is 0 Å². The zero-order valence-electron chi connectivity index (χ0n) is 13.6. The number of thiazole rings is 1. The second kappa shape index (κ2) is 8.10. The zero-order chi connectivity index (χ0) is 16.8. The van der Waals surface area contributed by atoms with Crippen molar-refractivity contribution in [1.82, 2.24) is 15.3 Å². The number of aryl methyl sites for hydroxylation is 1. The third kappa shape index (κ3) is 4.44. The number of piperidine rings is 1. The Kier molecular flexibility index (Phi) is 5.63. The van der Waals surface area contributed by atoms with Gasteiger partial charge in [0.1, 0.15) is 5.82 Å². The molecule has 7 heteroatoms. The van der Waals surface area contributed by atoms with E-state index in [-0.39, 0.29) is 11.8 Å². The van der Waals surface area contributed by atoms with Crippen molar-refractivity contribution in [2.24, 2.45) is 5.92 Å². The number of nitrogens with two attached hydrogens (primary N) is 1. The Morgan fingerprint density at radius 3 is 3.12 bits per heavy atom. The highest BCUT2D eigenvalue weighted by Gasteiger charge is 2.26. The van der Waals surface area contributed by atoms with E-state index in [0.29, 0.717) is 11.7 Å². The minimum atomic E-state index is 0.0377. The molecular formula is C17H23N5OS. The molecule has 1 amide bonds. The van der Waals surface area contributed by atoms with Gasteiger partial charge in [-0.2, -0.15) is 0 Å². The van der Waals surface area contributed by atoms with E-state index in [9.17, 15) is 4.79 Å². The molecule has 1 aliphatic rings. The first kappa shape index (κ1) is 16.7. The third-order valence-electron chi connectivity index (χ3n) is 4.24. The molecule has 1 unspecified atom stereocenters. The van der Waals surface area contributed by atoms with Crippen LogP contribution in [0.4, 0.5) is 10.9 Å². The summed E-state index contributed by atoms with van der Waals surface area (Å²) in [5.41, 5.74) is 6.62. The van der Waals surface area contributed by atoms with Gasteiger partial charge in [-0.3, -0.25) is 4.79 Å². The Hall–Kier alpha value is -2.15. The number of hydrogen-bond donors (Lipinski definition) is 2. The fourth-order valence-corrected chi connectivity index (χ4v) is 3.60. The van der Waals surface area contributed by atoms with Crippen molar-refractivity contribution >= 4 is 28.2 Å². The fraction of sp³-hybridized carbons (Fsp3) is 0.471. The highest BCUT2D eigenvalue weighted by atomic mass is 32.1. The minimum Gasteiger partial charge on any atom is -0.375 e. The molecule has 128 valence electrons. The summed E-state index contributed by atoms with van der Waals surface area (Å²) >= 11 is 1.46. The number of carbonyl (C=O) groups is 1. The molecule has 0 aromatic carbocycles. The van der Waals surface area contributed by atoms with E-state index < -0.39 is 0 Å². The maximum Gasteiger partial charge on any atom is 0.224 e. The summed E-state index contributed by atoms with van der Waals surface area (Å²) in [5.74, 6) is 1.14. The minimum absolute atomic E-state index is 0.0377. The number of aromatic nitrogens is 2. The van der Waals surface area contributed by atoms with Gasteiger partial charge in [0.2, 0.25) is 5.91 Å². The summed E-state index contributed by atoms with van der Waals surface area (Å²) in [4.78, 5) is 23.2. The highest BCUT2D eigenvalue weighted by Crippen LogP contribution is 2.21. The molecule has 1 aliphatic heterocycles. The first-order valence-corrected chi connectivity index (χ1v) is 9.24. The van der Waals surface area contributed by atoms with Crippen LogP contribution < -0.4 is 16.0 Å². The lowest BCUT2D eigenvalue weighted by molar-refractivity contribution is -0.125. The van der Waals surface area contributed by atoms with Gasteiger partial charge in [0.05, 0.1) is 11.6 Å². The quantitative estimate of drug-likeness (QED) is 0.783. The van der Waals surface area contributed by atoms with Crippen LogP contribution in [0.1, 0.15) is 25.0 Å². The Morgan fingerprint density at radius 2 is 2.38 bits per heavy atom. The molecule has 6 nitrogen and oxygen atoms in total. The normalized spacial score (nSPS) is 17.7. The molecule has 0 aliphatic carbocycles. The van der Waals surface area contributed by atoms with Crippen LogP contribution in [0, 0.1) is 5.92 Å². The molecule has 1 fully saturated rings. The predicted octanol–water partition coefficient (Wildman–Crippen LogP) is 2.09. The summed E-state index contributed by atoms with van der Waals surface area (Å²) < 4.78 is 0. The van der Waals surface area contributed by atoms with Crippen molar-refractivity contribution in [3.63, 3.8) is 0 Å². The van der Waals surface area contributed by atoms with Crippen LogP contribution in [0.2, 0.25) is 0 Å². The van der Waals surface area contributed by atoms with Crippen molar-refractivity contribution in [3.8, 4) is 0 Å². The first-order chi connectivity index (χ1) is 11.7. The number of amides is 1. The van der Waals surface area contributed by atoms with Crippen LogP contribution in [0.25, 0.3) is 0 Å². The molecule has 0 bridgehead atoms. The number of nitrogens with zero attached hydrogens (tertiary/aromatic N) is 3. The van der Waals surface area contributed by atoms with E-state index in [1.165, 1.54) is 11.3 Å². The topological polar surface area (TPSA) is 84.1 Å². The van der Waals surface area contributed by atoms with Crippen molar-refractivity contribution in [2.45, 2.75) is 25.7 Å². The molecule has 1 saturated heterocycles. The molecule has 2 aromatic rings. The zero-order valence-corrected chi connectivity index (χ0v) is 14.5. The van der Waals surface area contributed by atoms with Gasteiger partial charge in [-0.05, 0) is 37.8 Å². The van der Waals surface area contributed by atoms with Crippen LogP contribution in [-0.2, 0) is 11.2 Å². The van der Waals surface area contributed by atoms with E-state index in [1.807, 2.05) is 23.6 Å². The van der Waals surface area contributed by atoms with Gasteiger partial charge in [-0.15, -0.1) is 11.3 Å². The van der Waals surface area contributed by atoms with Crippen LogP contribution in [0.5, 0.6) is 0 Å². The molecule has 3 N–H and O–H groups in total. The Morgan fingerprint density at radius 1 is 1.46 bits per heavy atom. The lowest BCUT2D eigenvalue weighted by Crippen LogP contribution is -2.43. The number of pyridine rings is 1. The molecule has 0 spiro atoms. The summed E-state index contributed by atoms with van der Waals surface area (Å²) in [5, 5.41) is 5.64. The number of anilines is 2. The van der Waals surface area contributed by atoms with E-state index in [4.69, 9.17) is 5.73 Å². The van der Waals surface area contributed by atoms with E-state index in [1.54, 1.807) is 6.20 Å². The number of rotatable bonds is 6. The summed E-state index contributed by atoms with van der Waals surface area (Å²) in [6.45, 7) is 2.38. The van der Waals surface area contributed by atoms with Crippen LogP contribution in [0.15, 0.2) is 29.8 Å². The van der Waals surface area contributed by atoms with E-state index in [0.717, 1.165) is 50.3 Å². The van der Waals surface area contributed by atoms with Crippen LogP contribution >= 0.6 is 11.3 Å². The Labute approximate surface area is 146 Å². The molecule has 24 heavy (non-hydrogen) atoms.